The highest BCUT2D eigenvalue weighted by Crippen LogP contribution is 2.36. The van der Waals surface area contributed by atoms with Crippen molar-refractivity contribution in [2.45, 2.75) is 63.4 Å². The van der Waals surface area contributed by atoms with E-state index in [1.54, 1.807) is 6.20 Å². The third kappa shape index (κ3) is 3.98. The van der Waals surface area contributed by atoms with Crippen LogP contribution in [0.1, 0.15) is 50.0 Å². The summed E-state index contributed by atoms with van der Waals surface area (Å²) in [7, 11) is 0. The van der Waals surface area contributed by atoms with E-state index in [9.17, 15) is 18.0 Å². The van der Waals surface area contributed by atoms with Crippen molar-refractivity contribution in [2.24, 2.45) is 0 Å². The summed E-state index contributed by atoms with van der Waals surface area (Å²) in [6.45, 7) is 2.53. The van der Waals surface area contributed by atoms with Gasteiger partial charge in [-0.3, -0.25) is 9.78 Å². The summed E-state index contributed by atoms with van der Waals surface area (Å²) in [4.78, 5) is 21.5. The quantitative estimate of drug-likeness (QED) is 0.672. The maximum absolute atomic E-state index is 13.4. The van der Waals surface area contributed by atoms with Gasteiger partial charge in [-0.1, -0.05) is 0 Å². The summed E-state index contributed by atoms with van der Waals surface area (Å²) in [5.74, 6) is 0.436. The molecule has 6 nitrogen and oxygen atoms in total. The van der Waals surface area contributed by atoms with Gasteiger partial charge in [0.2, 0.25) is 5.91 Å². The number of alkyl halides is 3. The first-order valence-electron chi connectivity index (χ1n) is 10.6. The van der Waals surface area contributed by atoms with E-state index in [0.717, 1.165) is 25.0 Å². The summed E-state index contributed by atoms with van der Waals surface area (Å²) in [6.07, 6.45) is 0.582. The molecule has 5 rings (SSSR count). The van der Waals surface area contributed by atoms with Gasteiger partial charge in [0.25, 0.3) is 0 Å². The number of aromatic nitrogens is 3. The van der Waals surface area contributed by atoms with Gasteiger partial charge in [0.15, 0.2) is 0 Å². The van der Waals surface area contributed by atoms with Gasteiger partial charge >= 0.3 is 6.18 Å². The van der Waals surface area contributed by atoms with Crippen molar-refractivity contribution in [2.75, 3.05) is 6.61 Å². The minimum absolute atomic E-state index is 0.0161. The normalized spacial score (nSPS) is 22.2. The molecule has 2 fully saturated rings. The van der Waals surface area contributed by atoms with E-state index < -0.39 is 11.7 Å². The summed E-state index contributed by atoms with van der Waals surface area (Å²) in [6, 6.07) is 3.78. The van der Waals surface area contributed by atoms with Crippen molar-refractivity contribution in [1.29, 1.82) is 0 Å². The van der Waals surface area contributed by atoms with Gasteiger partial charge in [-0.2, -0.15) is 13.2 Å². The predicted molar refractivity (Wildman–Crippen MR) is 109 cm³/mol. The van der Waals surface area contributed by atoms with Crippen molar-refractivity contribution in [1.82, 2.24) is 19.9 Å². The Labute approximate surface area is 176 Å². The lowest BCUT2D eigenvalue weighted by Gasteiger charge is -2.30. The SMILES string of the molecule is C[C@@H]1C[C@H](n2c(CC(=O)NC3CC3)nc3cnc4ccc(C(F)(F)F)cc4c32)CCO1. The zero-order chi connectivity index (χ0) is 21.8. The van der Waals surface area contributed by atoms with Gasteiger partial charge in [-0.05, 0) is 50.8 Å². The van der Waals surface area contributed by atoms with Gasteiger partial charge in [-0.15, -0.1) is 0 Å². The standard InChI is InChI=1S/C22H23F3N4O2/c1-12-8-15(6-7-31-12)29-19(10-20(30)27-14-3-4-14)28-18-11-26-17-5-2-13(22(23,24)25)9-16(17)21(18)29/h2,5,9,11-12,14-15H,3-4,6-8,10H2,1H3,(H,27,30)/t12-,15-/m1/s1. The van der Waals surface area contributed by atoms with E-state index in [2.05, 4.69) is 15.3 Å². The molecule has 1 saturated carbocycles. The Balaban J connectivity index is 1.68. The predicted octanol–water partition coefficient (Wildman–Crippen LogP) is 4.16. The first-order valence-corrected chi connectivity index (χ1v) is 10.6. The smallest absolute Gasteiger partial charge is 0.378 e. The minimum atomic E-state index is -4.46. The minimum Gasteiger partial charge on any atom is -0.378 e. The van der Waals surface area contributed by atoms with Gasteiger partial charge in [0.1, 0.15) is 11.3 Å². The molecule has 0 unspecified atom stereocenters. The van der Waals surface area contributed by atoms with E-state index >= 15 is 0 Å². The molecule has 3 aromatic rings. The molecule has 31 heavy (non-hydrogen) atoms. The average Bonchev–Trinajstić information content (AvgIpc) is 3.44. The number of pyridine rings is 1. The third-order valence-electron chi connectivity index (χ3n) is 6.00. The number of hydrogen-bond donors (Lipinski definition) is 1. The molecule has 3 heterocycles. The Morgan fingerprint density at radius 3 is 2.77 bits per heavy atom. The van der Waals surface area contributed by atoms with Crippen LogP contribution in [0.4, 0.5) is 13.2 Å². The van der Waals surface area contributed by atoms with Gasteiger partial charge in [0, 0.05) is 24.1 Å². The Hall–Kier alpha value is -2.68. The maximum atomic E-state index is 13.4. The summed E-state index contributed by atoms with van der Waals surface area (Å²) in [5.41, 5.74) is 0.843. The molecule has 1 aliphatic heterocycles. The van der Waals surface area contributed by atoms with Crippen LogP contribution in [0.15, 0.2) is 24.4 Å². The molecule has 2 aliphatic rings. The van der Waals surface area contributed by atoms with E-state index in [1.165, 1.54) is 6.07 Å². The van der Waals surface area contributed by atoms with Crippen LogP contribution in [0.25, 0.3) is 21.9 Å². The summed E-state index contributed by atoms with van der Waals surface area (Å²) in [5, 5.41) is 3.37. The Morgan fingerprint density at radius 2 is 2.06 bits per heavy atom. The van der Waals surface area contributed by atoms with E-state index in [4.69, 9.17) is 4.74 Å². The summed E-state index contributed by atoms with van der Waals surface area (Å²) < 4.78 is 47.9. The molecule has 1 N–H and O–H groups in total. The lowest BCUT2D eigenvalue weighted by molar-refractivity contribution is -0.137. The number of benzene rings is 1. The van der Waals surface area contributed by atoms with Crippen LogP contribution in [-0.4, -0.2) is 39.2 Å². The number of amides is 1. The average molecular weight is 432 g/mol. The number of fused-ring (bicyclic) bond motifs is 3. The molecule has 2 atom stereocenters. The number of hydrogen-bond acceptors (Lipinski definition) is 4. The number of ether oxygens (including phenoxy) is 1. The van der Waals surface area contributed by atoms with Crippen LogP contribution in [0.3, 0.4) is 0 Å². The van der Waals surface area contributed by atoms with Crippen LogP contribution in [0.2, 0.25) is 0 Å². The molecule has 1 aromatic carbocycles. The second kappa shape index (κ2) is 7.47. The Bertz CT molecular complexity index is 1150. The van der Waals surface area contributed by atoms with E-state index in [-0.39, 0.29) is 30.5 Å². The number of nitrogens with one attached hydrogen (secondary N) is 1. The fourth-order valence-electron chi connectivity index (χ4n) is 4.38. The van der Waals surface area contributed by atoms with Crippen molar-refractivity contribution in [3.8, 4) is 0 Å². The lowest BCUT2D eigenvalue weighted by Crippen LogP contribution is -2.30. The van der Waals surface area contributed by atoms with Gasteiger partial charge in [0.05, 0.1) is 35.3 Å². The number of halogens is 3. The van der Waals surface area contributed by atoms with Crippen LogP contribution in [0, 0.1) is 0 Å². The molecule has 0 spiro atoms. The number of rotatable bonds is 4. The molecule has 1 saturated heterocycles. The van der Waals surface area contributed by atoms with Crippen molar-refractivity contribution >= 4 is 27.8 Å². The molecule has 1 amide bonds. The number of imidazole rings is 1. The molecular formula is C22H23F3N4O2. The van der Waals surface area contributed by atoms with Crippen LogP contribution in [0.5, 0.6) is 0 Å². The lowest BCUT2D eigenvalue weighted by atomic mass is 10.0. The molecule has 164 valence electrons. The first kappa shape index (κ1) is 20.2. The van der Waals surface area contributed by atoms with Gasteiger partial charge < -0.3 is 14.6 Å². The highest BCUT2D eigenvalue weighted by Gasteiger charge is 2.32. The van der Waals surface area contributed by atoms with E-state index in [1.807, 2.05) is 11.5 Å². The second-order valence-corrected chi connectivity index (χ2v) is 8.50. The highest BCUT2D eigenvalue weighted by atomic mass is 19.4. The highest BCUT2D eigenvalue weighted by molar-refractivity contribution is 6.03. The zero-order valence-electron chi connectivity index (χ0n) is 17.1. The first-order chi connectivity index (χ1) is 14.8. The second-order valence-electron chi connectivity index (χ2n) is 8.50. The zero-order valence-corrected chi connectivity index (χ0v) is 17.1. The molecule has 9 heteroatoms. The van der Waals surface area contributed by atoms with Gasteiger partial charge in [-0.25, -0.2) is 4.98 Å². The summed E-state index contributed by atoms with van der Waals surface area (Å²) >= 11 is 0. The number of carbonyl (C=O) groups is 1. The number of carbonyl (C=O) groups excluding carboxylic acids is 1. The largest absolute Gasteiger partial charge is 0.416 e. The van der Waals surface area contributed by atoms with E-state index in [0.29, 0.717) is 47.2 Å². The molecule has 1 aliphatic carbocycles. The van der Waals surface area contributed by atoms with Crippen LogP contribution in [-0.2, 0) is 22.1 Å². The molecule has 0 radical (unpaired) electrons. The van der Waals surface area contributed by atoms with Crippen molar-refractivity contribution < 1.29 is 22.7 Å². The Kier molecular flexibility index (Phi) is 4.88. The fourth-order valence-corrected chi connectivity index (χ4v) is 4.38. The fraction of sp³-hybridized carbons (Fsp3) is 0.500. The number of nitrogens with zero attached hydrogens (tertiary/aromatic N) is 3. The topological polar surface area (TPSA) is 69.0 Å². The third-order valence-corrected chi connectivity index (χ3v) is 6.00. The van der Waals surface area contributed by atoms with Crippen LogP contribution >= 0.6 is 0 Å². The molecule has 0 bridgehead atoms. The molecular weight excluding hydrogens is 409 g/mol. The maximum Gasteiger partial charge on any atom is 0.416 e. The molecule has 2 aromatic heterocycles. The van der Waals surface area contributed by atoms with Crippen LogP contribution < -0.4 is 5.32 Å². The van der Waals surface area contributed by atoms with Crippen molar-refractivity contribution in [3.05, 3.63) is 35.8 Å². The Morgan fingerprint density at radius 1 is 1.26 bits per heavy atom. The van der Waals surface area contributed by atoms with Crippen molar-refractivity contribution in [3.63, 3.8) is 0 Å². The monoisotopic (exact) mass is 432 g/mol.